The molecule has 0 atom stereocenters. The second-order valence-corrected chi connectivity index (χ2v) is 9.84. The molecular weight excluding hydrogens is 462 g/mol. The smallest absolute Gasteiger partial charge is 0.336 e. The van der Waals surface area contributed by atoms with Gasteiger partial charge in [-0.05, 0) is 38.5 Å². The zero-order valence-corrected chi connectivity index (χ0v) is 22.4. The van der Waals surface area contributed by atoms with Crippen LogP contribution in [0.5, 0.6) is 0 Å². The highest BCUT2D eigenvalue weighted by Crippen LogP contribution is 2.07. The fourth-order valence-corrected chi connectivity index (χ4v) is 4.52. The average Bonchev–Trinajstić information content (AvgIpc) is 2.87. The van der Waals surface area contributed by atoms with Crippen molar-refractivity contribution in [1.29, 1.82) is 0 Å². The van der Waals surface area contributed by atoms with Crippen LogP contribution in [0.15, 0.2) is 14.4 Å². The highest BCUT2D eigenvalue weighted by Gasteiger charge is 2.15. The van der Waals surface area contributed by atoms with Gasteiger partial charge >= 0.3 is 17.1 Å². The van der Waals surface area contributed by atoms with Crippen LogP contribution in [0, 0.1) is 0 Å². The van der Waals surface area contributed by atoms with Crippen LogP contribution < -0.4 is 17.1 Å². The lowest BCUT2D eigenvalue weighted by Gasteiger charge is -2.14. The molecule has 0 fully saturated rings. The third-order valence-corrected chi connectivity index (χ3v) is 6.75. The van der Waals surface area contributed by atoms with Crippen LogP contribution in [0.3, 0.4) is 0 Å². The standard InChI is InChI=1S/C27H51N3O6/c31-22-16-10-4-1-7-13-19-28-25(34)29(20-14-8-2-5-11-17-23-32)27(36)30(26(28)35)21-15-9-3-6-12-18-24-33/h31-33H,1-24H2. The van der Waals surface area contributed by atoms with E-state index in [0.717, 1.165) is 96.3 Å². The molecule has 210 valence electrons. The predicted octanol–water partition coefficient (Wildman–Crippen LogP) is 3.17. The maximum atomic E-state index is 13.1. The molecule has 0 unspecified atom stereocenters. The number of nitrogens with zero attached hydrogens (tertiary/aromatic N) is 3. The molecule has 0 spiro atoms. The normalized spacial score (nSPS) is 11.4. The third-order valence-electron chi connectivity index (χ3n) is 6.75. The van der Waals surface area contributed by atoms with Crippen LogP contribution in [0.25, 0.3) is 0 Å². The van der Waals surface area contributed by atoms with Crippen molar-refractivity contribution < 1.29 is 15.3 Å². The minimum Gasteiger partial charge on any atom is -0.396 e. The Morgan fingerprint density at radius 1 is 0.333 bits per heavy atom. The van der Waals surface area contributed by atoms with Gasteiger partial charge in [0.25, 0.3) is 0 Å². The van der Waals surface area contributed by atoms with E-state index in [2.05, 4.69) is 0 Å². The summed E-state index contributed by atoms with van der Waals surface area (Å²) in [6.07, 6.45) is 16.2. The molecule has 9 nitrogen and oxygen atoms in total. The van der Waals surface area contributed by atoms with E-state index in [1.54, 1.807) is 0 Å². The van der Waals surface area contributed by atoms with E-state index in [1.165, 1.54) is 13.7 Å². The number of rotatable bonds is 24. The SMILES string of the molecule is O=c1n(CCCCCCCCO)c(=O)n(CCCCCCCCO)c(=O)n1CCCCCCCCO. The van der Waals surface area contributed by atoms with Crippen molar-refractivity contribution in [3.8, 4) is 0 Å². The molecule has 3 N–H and O–H groups in total. The topological polar surface area (TPSA) is 127 Å². The Kier molecular flexibility index (Phi) is 19.2. The van der Waals surface area contributed by atoms with Gasteiger partial charge in [0.1, 0.15) is 0 Å². The Hall–Kier alpha value is -1.71. The third kappa shape index (κ3) is 13.0. The van der Waals surface area contributed by atoms with Crippen molar-refractivity contribution in [3.05, 3.63) is 31.5 Å². The van der Waals surface area contributed by atoms with Gasteiger partial charge in [0, 0.05) is 39.5 Å². The van der Waals surface area contributed by atoms with E-state index in [9.17, 15) is 14.4 Å². The van der Waals surface area contributed by atoms with Crippen molar-refractivity contribution in [1.82, 2.24) is 13.7 Å². The molecule has 0 aliphatic carbocycles. The van der Waals surface area contributed by atoms with E-state index in [1.807, 2.05) is 0 Å². The van der Waals surface area contributed by atoms with Crippen molar-refractivity contribution in [2.24, 2.45) is 0 Å². The Balaban J connectivity index is 2.81. The minimum atomic E-state index is -0.495. The van der Waals surface area contributed by atoms with Gasteiger partial charge in [-0.2, -0.15) is 0 Å². The molecule has 9 heteroatoms. The molecule has 0 amide bonds. The summed E-state index contributed by atoms with van der Waals surface area (Å²) < 4.78 is 3.74. The van der Waals surface area contributed by atoms with E-state index in [0.29, 0.717) is 38.9 Å². The highest BCUT2D eigenvalue weighted by molar-refractivity contribution is 4.79. The molecule has 0 saturated carbocycles. The Morgan fingerprint density at radius 2 is 0.528 bits per heavy atom. The molecule has 36 heavy (non-hydrogen) atoms. The molecule has 0 aliphatic rings. The first-order valence-electron chi connectivity index (χ1n) is 14.4. The van der Waals surface area contributed by atoms with Crippen LogP contribution in [-0.2, 0) is 19.6 Å². The number of aromatic nitrogens is 3. The zero-order chi connectivity index (χ0) is 26.4. The molecule has 0 aliphatic heterocycles. The van der Waals surface area contributed by atoms with Gasteiger partial charge in [-0.1, -0.05) is 77.0 Å². The summed E-state index contributed by atoms with van der Waals surface area (Å²) in [6, 6.07) is 0. The van der Waals surface area contributed by atoms with Crippen molar-refractivity contribution >= 4 is 0 Å². The monoisotopic (exact) mass is 513 g/mol. The summed E-state index contributed by atoms with van der Waals surface area (Å²) in [5.74, 6) is 0. The fraction of sp³-hybridized carbons (Fsp3) is 0.889. The van der Waals surface area contributed by atoms with Crippen LogP contribution in [-0.4, -0.2) is 48.8 Å². The molecule has 1 heterocycles. The van der Waals surface area contributed by atoms with Crippen LogP contribution >= 0.6 is 0 Å². The van der Waals surface area contributed by atoms with Gasteiger partial charge in [0.05, 0.1) is 0 Å². The second-order valence-electron chi connectivity index (χ2n) is 9.84. The lowest BCUT2D eigenvalue weighted by atomic mass is 10.1. The van der Waals surface area contributed by atoms with E-state index < -0.39 is 17.1 Å². The fourth-order valence-electron chi connectivity index (χ4n) is 4.52. The quantitative estimate of drug-likeness (QED) is 0.182. The minimum absolute atomic E-state index is 0.210. The van der Waals surface area contributed by atoms with Crippen molar-refractivity contribution in [3.63, 3.8) is 0 Å². The van der Waals surface area contributed by atoms with Gasteiger partial charge in [-0.3, -0.25) is 0 Å². The Morgan fingerprint density at radius 3 is 0.750 bits per heavy atom. The Labute approximate surface area is 215 Å². The number of hydrogen-bond acceptors (Lipinski definition) is 6. The van der Waals surface area contributed by atoms with E-state index in [4.69, 9.17) is 15.3 Å². The van der Waals surface area contributed by atoms with Crippen LogP contribution in [0.2, 0.25) is 0 Å². The lowest BCUT2D eigenvalue weighted by molar-refractivity contribution is 0.282. The van der Waals surface area contributed by atoms with Crippen LogP contribution in [0.1, 0.15) is 116 Å². The van der Waals surface area contributed by atoms with E-state index >= 15 is 0 Å². The molecule has 0 radical (unpaired) electrons. The highest BCUT2D eigenvalue weighted by atomic mass is 16.3. The van der Waals surface area contributed by atoms with E-state index in [-0.39, 0.29) is 19.8 Å². The first-order valence-corrected chi connectivity index (χ1v) is 14.4. The van der Waals surface area contributed by atoms with Crippen molar-refractivity contribution in [2.45, 2.75) is 135 Å². The molecule has 0 bridgehead atoms. The second kappa shape index (κ2) is 21.4. The van der Waals surface area contributed by atoms with Gasteiger partial charge < -0.3 is 15.3 Å². The molecule has 0 saturated heterocycles. The summed E-state index contributed by atoms with van der Waals surface area (Å²) in [5, 5.41) is 26.7. The predicted molar refractivity (Wildman–Crippen MR) is 144 cm³/mol. The molecule has 1 rings (SSSR count). The lowest BCUT2D eigenvalue weighted by Crippen LogP contribution is -2.54. The summed E-state index contributed by atoms with van der Waals surface area (Å²) in [4.78, 5) is 39.3. The number of aliphatic hydroxyl groups excluding tert-OH is 3. The van der Waals surface area contributed by atoms with Gasteiger partial charge in [0.15, 0.2) is 0 Å². The molecule has 0 aromatic carbocycles. The summed E-state index contributed by atoms with van der Waals surface area (Å²) in [7, 11) is 0. The van der Waals surface area contributed by atoms with Gasteiger partial charge in [0.2, 0.25) is 0 Å². The average molecular weight is 514 g/mol. The molecule has 1 aromatic heterocycles. The van der Waals surface area contributed by atoms with Gasteiger partial charge in [-0.25, -0.2) is 28.1 Å². The largest absolute Gasteiger partial charge is 0.396 e. The number of aliphatic hydroxyl groups is 3. The summed E-state index contributed by atoms with van der Waals surface area (Å²) in [6.45, 7) is 1.59. The first-order chi connectivity index (χ1) is 17.6. The Bertz CT molecular complexity index is 706. The maximum absolute atomic E-state index is 13.1. The first kappa shape index (κ1) is 32.3. The summed E-state index contributed by atoms with van der Waals surface area (Å²) >= 11 is 0. The maximum Gasteiger partial charge on any atom is 0.336 e. The number of hydrogen-bond donors (Lipinski definition) is 3. The molecule has 1 aromatic rings. The van der Waals surface area contributed by atoms with Gasteiger partial charge in [-0.15, -0.1) is 0 Å². The zero-order valence-electron chi connectivity index (χ0n) is 22.4. The molecular formula is C27H51N3O6. The van der Waals surface area contributed by atoms with Crippen LogP contribution in [0.4, 0.5) is 0 Å². The van der Waals surface area contributed by atoms with Crippen molar-refractivity contribution in [2.75, 3.05) is 19.8 Å². The number of unbranched alkanes of at least 4 members (excludes halogenated alkanes) is 15. The summed E-state index contributed by atoms with van der Waals surface area (Å²) in [5.41, 5.74) is -1.48.